The Kier molecular flexibility index (Phi) is 37.1. The van der Waals surface area contributed by atoms with Gasteiger partial charge in [0.2, 0.25) is 0 Å². The largest absolute Gasteiger partial charge is 0.457 e. The van der Waals surface area contributed by atoms with Crippen LogP contribution in [0.2, 0.25) is 0 Å². The van der Waals surface area contributed by atoms with E-state index in [1.54, 1.807) is 0 Å². The number of hydrogen-bond donors (Lipinski definition) is 1. The molecule has 0 aliphatic carbocycles. The molecule has 0 saturated heterocycles. The molecule has 1 N–H and O–H groups in total. The van der Waals surface area contributed by atoms with Gasteiger partial charge in [-0.1, -0.05) is 152 Å². The molecular formula is C41H74O4. The van der Waals surface area contributed by atoms with Gasteiger partial charge in [-0.2, -0.15) is 0 Å². The van der Waals surface area contributed by atoms with Gasteiger partial charge in [-0.3, -0.25) is 4.79 Å². The minimum absolute atomic E-state index is 0.179. The zero-order valence-corrected chi connectivity index (χ0v) is 29.9. The van der Waals surface area contributed by atoms with Crippen LogP contribution in [-0.2, 0) is 14.3 Å². The molecule has 0 amide bonds. The molecule has 0 rings (SSSR count). The van der Waals surface area contributed by atoms with Gasteiger partial charge in [0.1, 0.15) is 6.10 Å². The monoisotopic (exact) mass is 631 g/mol. The van der Waals surface area contributed by atoms with Gasteiger partial charge in [0.05, 0.1) is 13.2 Å². The molecule has 1 unspecified atom stereocenters. The Morgan fingerprint density at radius 3 is 1.53 bits per heavy atom. The Bertz CT molecular complexity index is 708. The number of aliphatic hydroxyl groups excluding tert-OH is 1. The maximum absolute atomic E-state index is 12.1. The number of aliphatic hydroxyl groups is 1. The van der Waals surface area contributed by atoms with Gasteiger partial charge in [-0.05, 0) is 70.6 Å². The topological polar surface area (TPSA) is 55.8 Å². The molecule has 0 aliphatic heterocycles. The van der Waals surface area contributed by atoms with Crippen molar-refractivity contribution in [2.45, 2.75) is 187 Å². The van der Waals surface area contributed by atoms with Crippen LogP contribution in [0, 0.1) is 0 Å². The molecule has 0 aliphatic rings. The van der Waals surface area contributed by atoms with Gasteiger partial charge >= 0.3 is 5.97 Å². The summed E-state index contributed by atoms with van der Waals surface area (Å²) in [6.45, 7) is 5.21. The second kappa shape index (κ2) is 38.5. The zero-order valence-electron chi connectivity index (χ0n) is 29.9. The summed E-state index contributed by atoms with van der Waals surface area (Å²) in [7, 11) is 0. The van der Waals surface area contributed by atoms with E-state index in [2.05, 4.69) is 62.5 Å². The maximum Gasteiger partial charge on any atom is 0.306 e. The minimum Gasteiger partial charge on any atom is -0.457 e. The van der Waals surface area contributed by atoms with Crippen LogP contribution < -0.4 is 0 Å². The number of ether oxygens (including phenoxy) is 2. The molecule has 0 fully saturated rings. The van der Waals surface area contributed by atoms with E-state index in [-0.39, 0.29) is 19.2 Å². The lowest BCUT2D eigenvalue weighted by molar-refractivity contribution is -0.154. The van der Waals surface area contributed by atoms with Crippen LogP contribution >= 0.6 is 0 Å². The van der Waals surface area contributed by atoms with E-state index in [0.717, 1.165) is 38.5 Å². The first kappa shape index (κ1) is 43.4. The highest BCUT2D eigenvalue weighted by atomic mass is 16.6. The van der Waals surface area contributed by atoms with Crippen LogP contribution in [0.25, 0.3) is 0 Å². The van der Waals surface area contributed by atoms with Crippen molar-refractivity contribution in [3.63, 3.8) is 0 Å². The summed E-state index contributed by atoms with van der Waals surface area (Å²) in [5.41, 5.74) is 0. The molecule has 0 aromatic rings. The summed E-state index contributed by atoms with van der Waals surface area (Å²) < 4.78 is 11.1. The van der Waals surface area contributed by atoms with E-state index in [0.29, 0.717) is 13.0 Å². The molecule has 4 nitrogen and oxygen atoms in total. The zero-order chi connectivity index (χ0) is 32.7. The third kappa shape index (κ3) is 36.7. The Hall–Kier alpha value is -1.65. The number of carbonyl (C=O) groups is 1. The number of allylic oxidation sites excluding steroid dienone is 8. The molecule has 4 heteroatoms. The van der Waals surface area contributed by atoms with E-state index in [9.17, 15) is 9.90 Å². The number of rotatable bonds is 35. The fraction of sp³-hybridized carbons (Fsp3) is 0.780. The van der Waals surface area contributed by atoms with Crippen molar-refractivity contribution < 1.29 is 19.4 Å². The number of unbranched alkanes of at least 4 members (excludes halogenated alkanes) is 19. The van der Waals surface area contributed by atoms with Crippen molar-refractivity contribution in [1.29, 1.82) is 0 Å². The van der Waals surface area contributed by atoms with Crippen molar-refractivity contribution in [2.24, 2.45) is 0 Å². The van der Waals surface area contributed by atoms with Crippen molar-refractivity contribution >= 4 is 5.97 Å². The lowest BCUT2D eigenvalue weighted by Crippen LogP contribution is -2.27. The van der Waals surface area contributed by atoms with Gasteiger partial charge in [0, 0.05) is 13.0 Å². The highest BCUT2D eigenvalue weighted by molar-refractivity contribution is 5.69. The first-order valence-corrected chi connectivity index (χ1v) is 19.2. The van der Waals surface area contributed by atoms with Crippen LogP contribution in [-0.4, -0.2) is 37.0 Å². The van der Waals surface area contributed by atoms with Gasteiger partial charge in [-0.15, -0.1) is 0 Å². The standard InChI is InChI=1S/C41H74O4/c1-3-5-7-9-11-13-15-17-19-20-21-23-25-27-29-31-33-35-37-44-39-40(38-42)45-41(43)36-34-32-30-28-26-24-22-18-16-14-12-10-8-6-4-2/h5,7,11,13,17-19,22,40,42H,3-4,6,8-10,12,14-16,20-21,23-39H2,1-2H3/b7-5-,13-11-,19-17-,22-18-. The molecule has 1 atom stereocenters. The molecule has 0 bridgehead atoms. The highest BCUT2D eigenvalue weighted by Gasteiger charge is 2.13. The molecule has 0 spiro atoms. The fourth-order valence-corrected chi connectivity index (χ4v) is 5.28. The van der Waals surface area contributed by atoms with E-state index >= 15 is 0 Å². The van der Waals surface area contributed by atoms with Crippen molar-refractivity contribution in [3.8, 4) is 0 Å². The lowest BCUT2D eigenvalue weighted by atomic mass is 10.1. The van der Waals surface area contributed by atoms with Crippen LogP contribution in [0.3, 0.4) is 0 Å². The van der Waals surface area contributed by atoms with Crippen LogP contribution in [0.1, 0.15) is 181 Å². The SMILES string of the molecule is CC/C=C\C/C=C\C/C=C\CCCCCCCCCCOCC(CO)OC(=O)CCCCCCC/C=C\CCCCCCCC. The average molecular weight is 631 g/mol. The van der Waals surface area contributed by atoms with E-state index in [1.807, 2.05) is 0 Å². The van der Waals surface area contributed by atoms with Gasteiger partial charge in [0.25, 0.3) is 0 Å². The fourth-order valence-electron chi connectivity index (χ4n) is 5.28. The summed E-state index contributed by atoms with van der Waals surface area (Å²) in [6.07, 6.45) is 48.7. The van der Waals surface area contributed by atoms with Crippen LogP contribution in [0.15, 0.2) is 48.6 Å². The predicted octanol–water partition coefficient (Wildman–Crippen LogP) is 12.3. The summed E-state index contributed by atoms with van der Waals surface area (Å²) in [6, 6.07) is 0. The Labute approximate surface area is 280 Å². The van der Waals surface area contributed by atoms with Gasteiger partial charge in [0.15, 0.2) is 0 Å². The van der Waals surface area contributed by atoms with Crippen molar-refractivity contribution in [1.82, 2.24) is 0 Å². The molecule has 45 heavy (non-hydrogen) atoms. The third-order valence-electron chi connectivity index (χ3n) is 8.14. The van der Waals surface area contributed by atoms with Crippen molar-refractivity contribution in [3.05, 3.63) is 48.6 Å². The summed E-state index contributed by atoms with van der Waals surface area (Å²) in [5.74, 6) is -0.213. The Morgan fingerprint density at radius 1 is 0.556 bits per heavy atom. The molecular weight excluding hydrogens is 556 g/mol. The van der Waals surface area contributed by atoms with E-state index < -0.39 is 6.10 Å². The normalized spacial score (nSPS) is 12.9. The molecule has 0 aromatic heterocycles. The second-order valence-electron chi connectivity index (χ2n) is 12.6. The van der Waals surface area contributed by atoms with E-state index in [1.165, 1.54) is 122 Å². The smallest absolute Gasteiger partial charge is 0.306 e. The first-order valence-electron chi connectivity index (χ1n) is 19.2. The second-order valence-corrected chi connectivity index (χ2v) is 12.6. The maximum atomic E-state index is 12.1. The molecule has 0 heterocycles. The third-order valence-corrected chi connectivity index (χ3v) is 8.14. The highest BCUT2D eigenvalue weighted by Crippen LogP contribution is 2.12. The molecule has 0 radical (unpaired) electrons. The Balaban J connectivity index is 3.47. The van der Waals surface area contributed by atoms with Crippen LogP contribution in [0.5, 0.6) is 0 Å². The predicted molar refractivity (Wildman–Crippen MR) is 196 cm³/mol. The lowest BCUT2D eigenvalue weighted by Gasteiger charge is -2.15. The van der Waals surface area contributed by atoms with E-state index in [4.69, 9.17) is 9.47 Å². The van der Waals surface area contributed by atoms with Crippen LogP contribution in [0.4, 0.5) is 0 Å². The molecule has 0 aromatic carbocycles. The molecule has 262 valence electrons. The van der Waals surface area contributed by atoms with Crippen molar-refractivity contribution in [2.75, 3.05) is 19.8 Å². The average Bonchev–Trinajstić information content (AvgIpc) is 3.05. The summed E-state index contributed by atoms with van der Waals surface area (Å²) in [4.78, 5) is 12.1. The summed E-state index contributed by atoms with van der Waals surface area (Å²) >= 11 is 0. The number of esters is 1. The van der Waals surface area contributed by atoms with Gasteiger partial charge in [-0.25, -0.2) is 0 Å². The number of hydrogen-bond acceptors (Lipinski definition) is 4. The quantitative estimate of drug-likeness (QED) is 0.0430. The number of carbonyl (C=O) groups excluding carboxylic acids is 1. The Morgan fingerprint density at radius 2 is 1.00 bits per heavy atom. The minimum atomic E-state index is -0.542. The summed E-state index contributed by atoms with van der Waals surface area (Å²) in [5, 5.41) is 9.57. The van der Waals surface area contributed by atoms with Gasteiger partial charge < -0.3 is 14.6 Å². The first-order chi connectivity index (χ1) is 22.2. The molecule has 0 saturated carbocycles.